The number of nitrogens with one attached hydrogen (secondary N) is 1. The smallest absolute Gasteiger partial charge is 0.113 e. The molecule has 0 bridgehead atoms. The lowest BCUT2D eigenvalue weighted by Crippen LogP contribution is -2.34. The predicted molar refractivity (Wildman–Crippen MR) is 70.0 cm³/mol. The van der Waals surface area contributed by atoms with Crippen molar-refractivity contribution in [1.29, 1.82) is 0 Å². The summed E-state index contributed by atoms with van der Waals surface area (Å²) < 4.78 is 0.780. The molecule has 1 fully saturated rings. The van der Waals surface area contributed by atoms with Crippen molar-refractivity contribution in [2.24, 2.45) is 5.92 Å². The van der Waals surface area contributed by atoms with Gasteiger partial charge in [0.05, 0.1) is 6.20 Å². The molecular weight excluding hydrogens is 240 g/mol. The normalized spacial score (nSPS) is 19.9. The number of nitrogens with zero attached hydrogens (tertiary/aromatic N) is 1. The van der Waals surface area contributed by atoms with E-state index in [0.29, 0.717) is 6.04 Å². The molecule has 2 nitrogen and oxygen atoms in total. The van der Waals surface area contributed by atoms with Crippen molar-refractivity contribution >= 4 is 22.9 Å². The highest BCUT2D eigenvalue weighted by Gasteiger charge is 2.19. The third kappa shape index (κ3) is 3.44. The molecule has 1 aromatic heterocycles. The highest BCUT2D eigenvalue weighted by atomic mass is 35.5. The zero-order valence-electron chi connectivity index (χ0n) is 9.71. The second kappa shape index (κ2) is 5.99. The van der Waals surface area contributed by atoms with Crippen molar-refractivity contribution in [3.8, 4) is 0 Å². The van der Waals surface area contributed by atoms with Gasteiger partial charge in [0.15, 0.2) is 0 Å². The Kier molecular flexibility index (Phi) is 4.62. The van der Waals surface area contributed by atoms with E-state index < -0.39 is 0 Å². The van der Waals surface area contributed by atoms with Gasteiger partial charge in [0.2, 0.25) is 0 Å². The summed E-state index contributed by atoms with van der Waals surface area (Å²) in [5, 5.41) is 4.66. The Bertz CT molecular complexity index is 321. The molecule has 4 heteroatoms. The van der Waals surface area contributed by atoms with Crippen molar-refractivity contribution in [1.82, 2.24) is 10.3 Å². The Morgan fingerprint density at radius 2 is 2.25 bits per heavy atom. The van der Waals surface area contributed by atoms with Crippen LogP contribution in [0.15, 0.2) is 6.20 Å². The van der Waals surface area contributed by atoms with E-state index in [1.807, 2.05) is 0 Å². The highest BCUT2D eigenvalue weighted by Crippen LogP contribution is 2.26. The average molecular weight is 259 g/mol. The molecule has 1 aromatic rings. The van der Waals surface area contributed by atoms with Gasteiger partial charge in [-0.05, 0) is 25.7 Å². The minimum atomic E-state index is 0.600. The molecule has 1 heterocycles. The number of rotatable bonds is 4. The summed E-state index contributed by atoms with van der Waals surface area (Å²) in [6.07, 6.45) is 8.72. The minimum Gasteiger partial charge on any atom is -0.308 e. The van der Waals surface area contributed by atoms with Gasteiger partial charge in [0.25, 0.3) is 0 Å². The van der Waals surface area contributed by atoms with Gasteiger partial charge in [-0.3, -0.25) is 0 Å². The number of halogens is 1. The first kappa shape index (κ1) is 12.3. The molecule has 1 aliphatic carbocycles. The lowest BCUT2D eigenvalue weighted by atomic mass is 9.84. The van der Waals surface area contributed by atoms with Crippen molar-refractivity contribution in [3.63, 3.8) is 0 Å². The quantitative estimate of drug-likeness (QED) is 0.887. The van der Waals surface area contributed by atoms with E-state index >= 15 is 0 Å². The molecule has 1 saturated carbocycles. The summed E-state index contributed by atoms with van der Waals surface area (Å²) in [4.78, 5) is 4.26. The Morgan fingerprint density at radius 1 is 1.50 bits per heavy atom. The van der Waals surface area contributed by atoms with E-state index in [0.717, 1.165) is 21.8 Å². The van der Waals surface area contributed by atoms with Crippen LogP contribution < -0.4 is 5.32 Å². The molecular formula is C12H19ClN2S. The summed E-state index contributed by atoms with van der Waals surface area (Å²) in [6, 6.07) is 0.600. The topological polar surface area (TPSA) is 24.9 Å². The van der Waals surface area contributed by atoms with Gasteiger partial charge in [-0.2, -0.15) is 0 Å². The Hall–Kier alpha value is -0.120. The van der Waals surface area contributed by atoms with Gasteiger partial charge in [0.1, 0.15) is 9.34 Å². The lowest BCUT2D eigenvalue weighted by Gasteiger charge is -2.28. The van der Waals surface area contributed by atoms with E-state index in [-0.39, 0.29) is 0 Å². The SMILES string of the molecule is CC(NCc1ncc(Cl)s1)C1CCCCC1. The van der Waals surface area contributed by atoms with Crippen LogP contribution in [0.25, 0.3) is 0 Å². The fourth-order valence-corrected chi connectivity index (χ4v) is 3.33. The van der Waals surface area contributed by atoms with Crippen molar-refractivity contribution in [2.45, 2.75) is 51.6 Å². The molecule has 2 rings (SSSR count). The van der Waals surface area contributed by atoms with Gasteiger partial charge in [0, 0.05) is 12.6 Å². The van der Waals surface area contributed by atoms with Gasteiger partial charge in [-0.1, -0.05) is 30.9 Å². The summed E-state index contributed by atoms with van der Waals surface area (Å²) >= 11 is 7.42. The van der Waals surface area contributed by atoms with Crippen LogP contribution in [0.5, 0.6) is 0 Å². The van der Waals surface area contributed by atoms with Crippen LogP contribution in [-0.4, -0.2) is 11.0 Å². The second-order valence-electron chi connectivity index (χ2n) is 4.63. The third-order valence-corrected chi connectivity index (χ3v) is 4.57. The number of thiazole rings is 1. The number of hydrogen-bond acceptors (Lipinski definition) is 3. The second-order valence-corrected chi connectivity index (χ2v) is 6.37. The van der Waals surface area contributed by atoms with Crippen LogP contribution in [0.1, 0.15) is 44.0 Å². The maximum Gasteiger partial charge on any atom is 0.113 e. The third-order valence-electron chi connectivity index (χ3n) is 3.46. The highest BCUT2D eigenvalue weighted by molar-refractivity contribution is 7.15. The number of aromatic nitrogens is 1. The fourth-order valence-electron chi connectivity index (χ4n) is 2.42. The van der Waals surface area contributed by atoms with Crippen LogP contribution in [0, 0.1) is 5.92 Å². The van der Waals surface area contributed by atoms with Crippen molar-refractivity contribution < 1.29 is 0 Å². The van der Waals surface area contributed by atoms with Gasteiger partial charge < -0.3 is 5.32 Å². The van der Waals surface area contributed by atoms with Gasteiger partial charge >= 0.3 is 0 Å². The first-order valence-electron chi connectivity index (χ1n) is 6.09. The summed E-state index contributed by atoms with van der Waals surface area (Å²) in [5.41, 5.74) is 0. The monoisotopic (exact) mass is 258 g/mol. The van der Waals surface area contributed by atoms with Gasteiger partial charge in [-0.15, -0.1) is 11.3 Å². The molecule has 0 aromatic carbocycles. The molecule has 1 aliphatic rings. The Balaban J connectivity index is 1.76. The molecule has 1 atom stereocenters. The lowest BCUT2D eigenvalue weighted by molar-refractivity contribution is 0.280. The average Bonchev–Trinajstić information content (AvgIpc) is 2.73. The molecule has 90 valence electrons. The van der Waals surface area contributed by atoms with Gasteiger partial charge in [-0.25, -0.2) is 4.98 Å². The minimum absolute atomic E-state index is 0.600. The molecule has 1 unspecified atom stereocenters. The van der Waals surface area contributed by atoms with Crippen LogP contribution in [-0.2, 0) is 6.54 Å². The largest absolute Gasteiger partial charge is 0.308 e. The summed E-state index contributed by atoms with van der Waals surface area (Å²) in [6.45, 7) is 3.15. The first-order valence-corrected chi connectivity index (χ1v) is 7.29. The van der Waals surface area contributed by atoms with Crippen molar-refractivity contribution in [3.05, 3.63) is 15.5 Å². The van der Waals surface area contributed by atoms with E-state index in [2.05, 4.69) is 17.2 Å². The number of hydrogen-bond donors (Lipinski definition) is 1. The van der Waals surface area contributed by atoms with E-state index in [9.17, 15) is 0 Å². The molecule has 16 heavy (non-hydrogen) atoms. The zero-order valence-corrected chi connectivity index (χ0v) is 11.3. The predicted octanol–water partition coefficient (Wildman–Crippen LogP) is 3.85. The van der Waals surface area contributed by atoms with E-state index in [1.165, 1.54) is 32.1 Å². The maximum absolute atomic E-state index is 5.85. The zero-order chi connectivity index (χ0) is 11.4. The Morgan fingerprint density at radius 3 is 2.88 bits per heavy atom. The van der Waals surface area contributed by atoms with E-state index in [4.69, 9.17) is 11.6 Å². The van der Waals surface area contributed by atoms with E-state index in [1.54, 1.807) is 17.5 Å². The standard InChI is InChI=1S/C12H19ClN2S/c1-9(10-5-3-2-4-6-10)14-8-12-15-7-11(13)16-12/h7,9-10,14H,2-6,8H2,1H3. The molecule has 0 saturated heterocycles. The maximum atomic E-state index is 5.85. The Labute approximate surface area is 106 Å². The van der Waals surface area contributed by atoms with Crippen LogP contribution in [0.4, 0.5) is 0 Å². The fraction of sp³-hybridized carbons (Fsp3) is 0.750. The van der Waals surface area contributed by atoms with Crippen molar-refractivity contribution in [2.75, 3.05) is 0 Å². The molecule has 1 N–H and O–H groups in total. The molecule has 0 aliphatic heterocycles. The van der Waals surface area contributed by atoms with Crippen LogP contribution >= 0.6 is 22.9 Å². The summed E-state index contributed by atoms with van der Waals surface area (Å²) in [7, 11) is 0. The summed E-state index contributed by atoms with van der Waals surface area (Å²) in [5.74, 6) is 0.851. The molecule has 0 amide bonds. The van der Waals surface area contributed by atoms with Crippen LogP contribution in [0.2, 0.25) is 4.34 Å². The first-order chi connectivity index (χ1) is 7.75. The molecule has 0 radical (unpaired) electrons. The van der Waals surface area contributed by atoms with Crippen LogP contribution in [0.3, 0.4) is 0 Å². The molecule has 0 spiro atoms.